The Morgan fingerprint density at radius 2 is 1.79 bits per heavy atom. The molecule has 0 spiro atoms. The highest BCUT2D eigenvalue weighted by molar-refractivity contribution is 7.71. The highest BCUT2D eigenvalue weighted by Crippen LogP contribution is 2.30. The van der Waals surface area contributed by atoms with Crippen LogP contribution in [0.25, 0.3) is 16.6 Å². The van der Waals surface area contributed by atoms with Crippen molar-refractivity contribution in [3.8, 4) is 5.69 Å². The molecular formula is C25H18F3N3O2S. The van der Waals surface area contributed by atoms with E-state index < -0.39 is 17.3 Å². The zero-order chi connectivity index (χ0) is 24.0. The third kappa shape index (κ3) is 4.03. The monoisotopic (exact) mass is 481 g/mol. The molecule has 34 heavy (non-hydrogen) atoms. The lowest BCUT2D eigenvalue weighted by atomic mass is 10.1. The van der Waals surface area contributed by atoms with E-state index in [2.05, 4.69) is 10.3 Å². The Morgan fingerprint density at radius 1 is 1.00 bits per heavy atom. The van der Waals surface area contributed by atoms with E-state index >= 15 is 0 Å². The van der Waals surface area contributed by atoms with Crippen molar-refractivity contribution < 1.29 is 18.0 Å². The lowest BCUT2D eigenvalue weighted by molar-refractivity contribution is -0.137. The van der Waals surface area contributed by atoms with E-state index in [9.17, 15) is 22.8 Å². The maximum atomic E-state index is 13.1. The van der Waals surface area contributed by atoms with Crippen molar-refractivity contribution in [2.75, 3.05) is 5.32 Å². The first-order chi connectivity index (χ1) is 16.2. The second-order valence-electron chi connectivity index (χ2n) is 8.17. The zero-order valence-electron chi connectivity index (χ0n) is 17.7. The third-order valence-corrected chi connectivity index (χ3v) is 6.23. The number of nitrogens with one attached hydrogen (secondary N) is 2. The summed E-state index contributed by atoms with van der Waals surface area (Å²) in [6.07, 6.45) is -1.41. The number of rotatable bonds is 3. The molecule has 0 bridgehead atoms. The van der Waals surface area contributed by atoms with Crippen molar-refractivity contribution in [3.63, 3.8) is 0 Å². The molecule has 0 atom stereocenters. The number of halogens is 3. The van der Waals surface area contributed by atoms with E-state index in [0.717, 1.165) is 36.0 Å². The molecule has 1 aromatic heterocycles. The van der Waals surface area contributed by atoms with Gasteiger partial charge in [0, 0.05) is 11.3 Å². The number of hydrogen-bond acceptors (Lipinski definition) is 3. The van der Waals surface area contributed by atoms with Crippen molar-refractivity contribution in [3.05, 3.63) is 98.0 Å². The van der Waals surface area contributed by atoms with Crippen LogP contribution in [0.1, 0.15) is 33.5 Å². The predicted molar refractivity (Wildman–Crippen MR) is 126 cm³/mol. The number of aromatic nitrogens is 2. The molecule has 2 N–H and O–H groups in total. The van der Waals surface area contributed by atoms with Gasteiger partial charge in [-0.05, 0) is 91.1 Å². The topological polar surface area (TPSA) is 66.9 Å². The number of H-pyrrole nitrogens is 1. The smallest absolute Gasteiger partial charge is 0.331 e. The molecule has 3 aromatic carbocycles. The summed E-state index contributed by atoms with van der Waals surface area (Å²) < 4.78 is 40.3. The van der Waals surface area contributed by atoms with Crippen LogP contribution in [0.2, 0.25) is 0 Å². The summed E-state index contributed by atoms with van der Waals surface area (Å²) in [5.74, 6) is -0.346. The molecule has 1 aliphatic rings. The highest BCUT2D eigenvalue weighted by atomic mass is 32.1. The molecule has 5 rings (SSSR count). The first-order valence-electron chi connectivity index (χ1n) is 10.6. The Kier molecular flexibility index (Phi) is 5.36. The fraction of sp³-hybridized carbons (Fsp3) is 0.160. The van der Waals surface area contributed by atoms with Gasteiger partial charge in [0.15, 0.2) is 4.77 Å². The lowest BCUT2D eigenvalue weighted by Crippen LogP contribution is -2.21. The number of anilines is 1. The first-order valence-corrected chi connectivity index (χ1v) is 11.0. The summed E-state index contributed by atoms with van der Waals surface area (Å²) in [6, 6.07) is 14.7. The first kappa shape index (κ1) is 22.1. The summed E-state index contributed by atoms with van der Waals surface area (Å²) in [6.45, 7) is 0. The number of aryl methyl sites for hydroxylation is 2. The molecule has 0 saturated carbocycles. The number of benzene rings is 3. The number of fused-ring (bicyclic) bond motifs is 2. The van der Waals surface area contributed by atoms with Crippen LogP contribution < -0.4 is 10.9 Å². The van der Waals surface area contributed by atoms with Crippen molar-refractivity contribution in [1.29, 1.82) is 0 Å². The Morgan fingerprint density at radius 3 is 2.59 bits per heavy atom. The van der Waals surface area contributed by atoms with E-state index in [1.54, 1.807) is 0 Å². The van der Waals surface area contributed by atoms with Gasteiger partial charge in [-0.3, -0.25) is 14.2 Å². The van der Waals surface area contributed by atoms with Gasteiger partial charge in [-0.25, -0.2) is 0 Å². The molecule has 1 amide bonds. The minimum Gasteiger partial charge on any atom is -0.331 e. The Labute approximate surface area is 196 Å². The summed E-state index contributed by atoms with van der Waals surface area (Å²) in [5, 5.41) is 3.07. The van der Waals surface area contributed by atoms with Crippen molar-refractivity contribution in [2.24, 2.45) is 0 Å². The number of amides is 1. The van der Waals surface area contributed by atoms with Crippen LogP contribution in [0.5, 0.6) is 0 Å². The summed E-state index contributed by atoms with van der Waals surface area (Å²) in [7, 11) is 0. The van der Waals surface area contributed by atoms with Crippen LogP contribution in [0, 0.1) is 4.77 Å². The van der Waals surface area contributed by atoms with Crippen LogP contribution in [0.15, 0.2) is 65.5 Å². The standard InChI is InChI=1S/C25H18F3N3O2S/c26-25(27,28)17-5-2-6-19(13-17)31-23(33)20-10-8-16(12-21(20)30-24(31)34)22(32)29-18-9-7-14-3-1-4-15(14)11-18/h2,5-13H,1,3-4H2,(H,29,32)(H,30,34). The van der Waals surface area contributed by atoms with Gasteiger partial charge in [0.05, 0.1) is 22.2 Å². The molecular weight excluding hydrogens is 463 g/mol. The average Bonchev–Trinajstić information content (AvgIpc) is 3.26. The summed E-state index contributed by atoms with van der Waals surface area (Å²) in [4.78, 5) is 28.8. The predicted octanol–water partition coefficient (Wildman–Crippen LogP) is 5.81. The Bertz CT molecular complexity index is 1570. The number of carbonyl (C=O) groups is 1. The zero-order valence-corrected chi connectivity index (χ0v) is 18.5. The molecule has 172 valence electrons. The largest absolute Gasteiger partial charge is 0.416 e. The molecule has 5 nitrogen and oxygen atoms in total. The van der Waals surface area contributed by atoms with Gasteiger partial charge in [0.1, 0.15) is 0 Å². The van der Waals surface area contributed by atoms with E-state index in [1.807, 2.05) is 18.2 Å². The van der Waals surface area contributed by atoms with Gasteiger partial charge in [0.25, 0.3) is 11.5 Å². The molecule has 0 unspecified atom stereocenters. The second-order valence-corrected chi connectivity index (χ2v) is 8.56. The third-order valence-electron chi connectivity index (χ3n) is 5.95. The maximum Gasteiger partial charge on any atom is 0.416 e. The van der Waals surface area contributed by atoms with E-state index in [1.165, 1.54) is 41.5 Å². The van der Waals surface area contributed by atoms with Gasteiger partial charge in [0.2, 0.25) is 0 Å². The molecule has 4 aromatic rings. The SMILES string of the molecule is O=C(Nc1ccc2c(c1)CCC2)c1ccc2c(=O)n(-c3cccc(C(F)(F)F)c3)c(=S)[nH]c2c1. The Balaban J connectivity index is 1.50. The normalized spacial score (nSPS) is 13.1. The quantitative estimate of drug-likeness (QED) is 0.363. The maximum absolute atomic E-state index is 13.1. The van der Waals surface area contributed by atoms with E-state index in [4.69, 9.17) is 12.2 Å². The minimum atomic E-state index is -4.55. The molecule has 1 heterocycles. The van der Waals surface area contributed by atoms with Crippen LogP contribution in [-0.2, 0) is 19.0 Å². The van der Waals surface area contributed by atoms with E-state index in [0.29, 0.717) is 16.8 Å². The van der Waals surface area contributed by atoms with Crippen molar-refractivity contribution in [2.45, 2.75) is 25.4 Å². The fourth-order valence-corrected chi connectivity index (χ4v) is 4.57. The number of alkyl halides is 3. The molecule has 0 fully saturated rings. The molecule has 0 aliphatic heterocycles. The summed E-state index contributed by atoms with van der Waals surface area (Å²) in [5.41, 5.74) is 2.40. The van der Waals surface area contributed by atoms with Gasteiger partial charge >= 0.3 is 6.18 Å². The van der Waals surface area contributed by atoms with Crippen molar-refractivity contribution >= 4 is 34.7 Å². The second kappa shape index (κ2) is 8.25. The van der Waals surface area contributed by atoms with Gasteiger partial charge < -0.3 is 10.3 Å². The fourth-order valence-electron chi connectivity index (χ4n) is 4.27. The number of aromatic amines is 1. The van der Waals surface area contributed by atoms with Crippen LogP contribution in [0.3, 0.4) is 0 Å². The molecule has 1 aliphatic carbocycles. The lowest BCUT2D eigenvalue weighted by Gasteiger charge is -2.12. The number of nitrogens with zero attached hydrogens (tertiary/aromatic N) is 1. The molecule has 0 saturated heterocycles. The average molecular weight is 481 g/mol. The molecule has 0 radical (unpaired) electrons. The molecule has 9 heteroatoms. The van der Waals surface area contributed by atoms with Crippen LogP contribution in [0.4, 0.5) is 18.9 Å². The Hall–Kier alpha value is -3.72. The van der Waals surface area contributed by atoms with Crippen molar-refractivity contribution in [1.82, 2.24) is 9.55 Å². The highest BCUT2D eigenvalue weighted by Gasteiger charge is 2.30. The summed E-state index contributed by atoms with van der Waals surface area (Å²) >= 11 is 5.27. The number of hydrogen-bond donors (Lipinski definition) is 2. The van der Waals surface area contributed by atoms with Gasteiger partial charge in [-0.15, -0.1) is 0 Å². The minimum absolute atomic E-state index is 0.00130. The van der Waals surface area contributed by atoms with Crippen LogP contribution in [-0.4, -0.2) is 15.5 Å². The van der Waals surface area contributed by atoms with Crippen LogP contribution >= 0.6 is 12.2 Å². The van der Waals surface area contributed by atoms with Gasteiger partial charge in [-0.2, -0.15) is 13.2 Å². The number of carbonyl (C=O) groups excluding carboxylic acids is 1. The van der Waals surface area contributed by atoms with Gasteiger partial charge in [-0.1, -0.05) is 12.1 Å². The van der Waals surface area contributed by atoms with E-state index in [-0.39, 0.29) is 21.8 Å².